The maximum absolute atomic E-state index is 4.85. The zero-order valence-electron chi connectivity index (χ0n) is 12.1. The third-order valence-corrected chi connectivity index (χ3v) is 4.56. The zero-order valence-corrected chi connectivity index (χ0v) is 12.1. The molecule has 0 radical (unpaired) electrons. The third-order valence-electron chi connectivity index (χ3n) is 4.56. The summed E-state index contributed by atoms with van der Waals surface area (Å²) in [6.45, 7) is 2.32. The number of para-hydroxylation sites is 1. The largest absolute Gasteiger partial charge is 0.248 e. The van der Waals surface area contributed by atoms with Crippen LogP contribution in [-0.4, -0.2) is 4.98 Å². The number of nitrogens with zero attached hydrogens (tertiary/aromatic N) is 1. The van der Waals surface area contributed by atoms with Gasteiger partial charge in [-0.05, 0) is 35.8 Å². The SMILES string of the molecule is CC1(c2ccccc2)CC=Cc2nc3ccccc3cc21. The second-order valence-electron chi connectivity index (χ2n) is 5.92. The molecule has 1 atom stereocenters. The average molecular weight is 271 g/mol. The molecule has 0 aliphatic heterocycles. The van der Waals surface area contributed by atoms with E-state index in [0.717, 1.165) is 17.6 Å². The van der Waals surface area contributed by atoms with Crippen LogP contribution >= 0.6 is 0 Å². The topological polar surface area (TPSA) is 12.9 Å². The van der Waals surface area contributed by atoms with Gasteiger partial charge >= 0.3 is 0 Å². The summed E-state index contributed by atoms with van der Waals surface area (Å²) < 4.78 is 0. The Balaban J connectivity index is 1.99. The normalized spacial score (nSPS) is 20.4. The number of allylic oxidation sites excluding steroid dienone is 1. The van der Waals surface area contributed by atoms with Crippen LogP contribution in [0.15, 0.2) is 66.7 Å². The van der Waals surface area contributed by atoms with E-state index in [0.29, 0.717) is 0 Å². The highest BCUT2D eigenvalue weighted by atomic mass is 14.7. The van der Waals surface area contributed by atoms with Gasteiger partial charge in [0.15, 0.2) is 0 Å². The second kappa shape index (κ2) is 4.56. The summed E-state index contributed by atoms with van der Waals surface area (Å²) in [5, 5.41) is 1.22. The fraction of sp³-hybridized carbons (Fsp3) is 0.150. The van der Waals surface area contributed by atoms with E-state index < -0.39 is 0 Å². The van der Waals surface area contributed by atoms with Crippen LogP contribution in [0.5, 0.6) is 0 Å². The van der Waals surface area contributed by atoms with E-state index in [1.165, 1.54) is 16.5 Å². The lowest BCUT2D eigenvalue weighted by molar-refractivity contribution is 0.572. The Labute approximate surface area is 125 Å². The maximum Gasteiger partial charge on any atom is 0.0709 e. The predicted molar refractivity (Wildman–Crippen MR) is 88.3 cm³/mol. The minimum absolute atomic E-state index is 0.00236. The van der Waals surface area contributed by atoms with Crippen molar-refractivity contribution in [2.24, 2.45) is 0 Å². The number of fused-ring (bicyclic) bond motifs is 2. The third kappa shape index (κ3) is 1.89. The molecule has 102 valence electrons. The fourth-order valence-electron chi connectivity index (χ4n) is 3.30. The van der Waals surface area contributed by atoms with Crippen LogP contribution in [-0.2, 0) is 5.41 Å². The maximum atomic E-state index is 4.85. The Hall–Kier alpha value is -2.41. The van der Waals surface area contributed by atoms with Crippen molar-refractivity contribution < 1.29 is 0 Å². The predicted octanol–water partition coefficient (Wildman–Crippen LogP) is 4.96. The lowest BCUT2D eigenvalue weighted by Gasteiger charge is -2.33. The van der Waals surface area contributed by atoms with Crippen molar-refractivity contribution in [3.63, 3.8) is 0 Å². The van der Waals surface area contributed by atoms with Gasteiger partial charge in [-0.25, -0.2) is 4.98 Å². The molecule has 0 spiro atoms. The minimum Gasteiger partial charge on any atom is -0.248 e. The first-order valence-corrected chi connectivity index (χ1v) is 7.40. The molecule has 2 aromatic carbocycles. The molecule has 1 nitrogen and oxygen atoms in total. The molecule has 21 heavy (non-hydrogen) atoms. The Morgan fingerprint density at radius 2 is 1.71 bits per heavy atom. The molecule has 0 saturated heterocycles. The van der Waals surface area contributed by atoms with Crippen molar-refractivity contribution >= 4 is 17.0 Å². The molecule has 1 heteroatoms. The molecule has 0 bridgehead atoms. The van der Waals surface area contributed by atoms with Crippen LogP contribution in [0, 0.1) is 0 Å². The van der Waals surface area contributed by atoms with Crippen LogP contribution in [0.1, 0.15) is 30.2 Å². The van der Waals surface area contributed by atoms with Crippen molar-refractivity contribution in [2.75, 3.05) is 0 Å². The lowest BCUT2D eigenvalue weighted by Crippen LogP contribution is -2.26. The van der Waals surface area contributed by atoms with E-state index >= 15 is 0 Å². The van der Waals surface area contributed by atoms with E-state index in [9.17, 15) is 0 Å². The van der Waals surface area contributed by atoms with E-state index in [1.54, 1.807) is 0 Å². The summed E-state index contributed by atoms with van der Waals surface area (Å²) in [6, 6.07) is 21.4. The van der Waals surface area contributed by atoms with Crippen LogP contribution in [0.2, 0.25) is 0 Å². The van der Waals surface area contributed by atoms with E-state index in [1.807, 2.05) is 6.07 Å². The number of rotatable bonds is 1. The summed E-state index contributed by atoms with van der Waals surface area (Å²) in [5.74, 6) is 0. The summed E-state index contributed by atoms with van der Waals surface area (Å²) in [4.78, 5) is 4.85. The molecular weight excluding hydrogens is 254 g/mol. The second-order valence-corrected chi connectivity index (χ2v) is 5.92. The van der Waals surface area contributed by atoms with Gasteiger partial charge in [0.25, 0.3) is 0 Å². The van der Waals surface area contributed by atoms with Gasteiger partial charge in [-0.1, -0.05) is 61.5 Å². The fourth-order valence-corrected chi connectivity index (χ4v) is 3.30. The highest BCUT2D eigenvalue weighted by Gasteiger charge is 2.32. The molecule has 1 aromatic heterocycles. The highest BCUT2D eigenvalue weighted by Crippen LogP contribution is 2.41. The van der Waals surface area contributed by atoms with Gasteiger partial charge in [-0.3, -0.25) is 0 Å². The van der Waals surface area contributed by atoms with Crippen molar-refractivity contribution in [3.8, 4) is 0 Å². The first-order chi connectivity index (χ1) is 10.3. The molecule has 1 aliphatic rings. The monoisotopic (exact) mass is 271 g/mol. The van der Waals surface area contributed by atoms with Crippen molar-refractivity contribution in [1.82, 2.24) is 4.98 Å². The van der Waals surface area contributed by atoms with Crippen LogP contribution < -0.4 is 0 Å². The van der Waals surface area contributed by atoms with Crippen molar-refractivity contribution in [2.45, 2.75) is 18.8 Å². The highest BCUT2D eigenvalue weighted by molar-refractivity contribution is 5.82. The molecule has 0 saturated carbocycles. The van der Waals surface area contributed by atoms with E-state index in [2.05, 4.69) is 73.7 Å². The molecule has 1 unspecified atom stereocenters. The summed E-state index contributed by atoms with van der Waals surface area (Å²) in [6.07, 6.45) is 5.42. The molecule has 3 aromatic rings. The van der Waals surface area contributed by atoms with Gasteiger partial charge in [0.2, 0.25) is 0 Å². The van der Waals surface area contributed by atoms with Gasteiger partial charge in [0.1, 0.15) is 0 Å². The van der Waals surface area contributed by atoms with Crippen molar-refractivity contribution in [3.05, 3.63) is 83.6 Å². The molecule has 0 amide bonds. The molecule has 1 heterocycles. The Bertz CT molecular complexity index is 833. The average Bonchev–Trinajstić information content (AvgIpc) is 2.54. The number of hydrogen-bond acceptors (Lipinski definition) is 1. The summed E-state index contributed by atoms with van der Waals surface area (Å²) >= 11 is 0. The van der Waals surface area contributed by atoms with E-state index in [4.69, 9.17) is 4.98 Å². The van der Waals surface area contributed by atoms with Crippen molar-refractivity contribution in [1.29, 1.82) is 0 Å². The van der Waals surface area contributed by atoms with Crippen LogP contribution in [0.4, 0.5) is 0 Å². The molecule has 1 aliphatic carbocycles. The molecular formula is C20H17N. The molecule has 4 rings (SSSR count). The standard InChI is InChI=1S/C20H17N/c1-20(16-9-3-2-4-10-16)13-7-12-19-17(20)14-15-8-5-6-11-18(15)21-19/h2-12,14H,13H2,1H3. The van der Waals surface area contributed by atoms with Crippen LogP contribution in [0.25, 0.3) is 17.0 Å². The number of pyridine rings is 1. The first-order valence-electron chi connectivity index (χ1n) is 7.40. The number of benzene rings is 2. The first kappa shape index (κ1) is 12.3. The Kier molecular flexibility index (Phi) is 2.68. The minimum atomic E-state index is 0.00236. The number of aromatic nitrogens is 1. The van der Waals surface area contributed by atoms with Gasteiger partial charge in [0.05, 0.1) is 11.2 Å². The quantitative estimate of drug-likeness (QED) is 0.609. The smallest absolute Gasteiger partial charge is 0.0709 e. The number of hydrogen-bond donors (Lipinski definition) is 0. The molecule has 0 N–H and O–H groups in total. The van der Waals surface area contributed by atoms with Gasteiger partial charge in [-0.15, -0.1) is 0 Å². The molecule has 0 fully saturated rings. The lowest BCUT2D eigenvalue weighted by atomic mass is 9.70. The van der Waals surface area contributed by atoms with Crippen LogP contribution in [0.3, 0.4) is 0 Å². The van der Waals surface area contributed by atoms with Gasteiger partial charge < -0.3 is 0 Å². The summed E-state index contributed by atoms with van der Waals surface area (Å²) in [7, 11) is 0. The Morgan fingerprint density at radius 3 is 2.57 bits per heavy atom. The van der Waals surface area contributed by atoms with Gasteiger partial charge in [-0.2, -0.15) is 0 Å². The van der Waals surface area contributed by atoms with E-state index in [-0.39, 0.29) is 5.41 Å². The van der Waals surface area contributed by atoms with Gasteiger partial charge in [0, 0.05) is 10.8 Å². The summed E-state index contributed by atoms with van der Waals surface area (Å²) in [5.41, 5.74) is 4.86. The zero-order chi connectivity index (χ0) is 14.3. The Morgan fingerprint density at radius 1 is 0.952 bits per heavy atom.